The quantitative estimate of drug-likeness (QED) is 0.525. The molecule has 5 amide bonds. The van der Waals surface area contributed by atoms with E-state index in [1.807, 2.05) is 18.6 Å². The van der Waals surface area contributed by atoms with Crippen molar-refractivity contribution in [3.63, 3.8) is 0 Å². The molecule has 0 aliphatic carbocycles. The van der Waals surface area contributed by atoms with Gasteiger partial charge in [0.2, 0.25) is 0 Å². The lowest BCUT2D eigenvalue weighted by Crippen LogP contribution is -2.43. The molecule has 0 aromatic heterocycles. The first-order chi connectivity index (χ1) is 16.1. The molecule has 12 heteroatoms. The molecule has 0 fully saturated rings. The molecule has 34 heavy (non-hydrogen) atoms. The Morgan fingerprint density at radius 2 is 1.97 bits per heavy atom. The van der Waals surface area contributed by atoms with Crippen molar-refractivity contribution in [3.8, 4) is 11.5 Å². The molecule has 0 saturated heterocycles. The Hall–Kier alpha value is -3.28. The Labute approximate surface area is 198 Å². The maximum atomic E-state index is 12.8. The van der Waals surface area contributed by atoms with Gasteiger partial charge in [0.1, 0.15) is 16.4 Å². The summed E-state index contributed by atoms with van der Waals surface area (Å²) in [5.41, 5.74) is 2.08. The van der Waals surface area contributed by atoms with Crippen molar-refractivity contribution in [1.82, 2.24) is 20.3 Å². The van der Waals surface area contributed by atoms with Crippen LogP contribution in [0.5, 0.6) is 11.5 Å². The molecule has 1 atom stereocenters. The first-order valence-electron chi connectivity index (χ1n) is 11.1. The highest BCUT2D eigenvalue weighted by Crippen LogP contribution is 2.39. The smallest absolute Gasteiger partial charge is 0.328 e. The van der Waals surface area contributed by atoms with Crippen LogP contribution in [-0.2, 0) is 14.8 Å². The van der Waals surface area contributed by atoms with Gasteiger partial charge in [-0.15, -0.1) is 0 Å². The number of nitrogens with zero attached hydrogens (tertiary/aromatic N) is 1. The van der Waals surface area contributed by atoms with Gasteiger partial charge in [-0.1, -0.05) is 6.92 Å². The third-order valence-electron chi connectivity index (χ3n) is 5.83. The fourth-order valence-corrected chi connectivity index (χ4v) is 5.21. The molecule has 1 aromatic rings. The van der Waals surface area contributed by atoms with Crippen LogP contribution in [0.15, 0.2) is 28.2 Å². The summed E-state index contributed by atoms with van der Waals surface area (Å²) >= 11 is 0. The van der Waals surface area contributed by atoms with Crippen LogP contribution in [0.3, 0.4) is 0 Å². The molecule has 3 rings (SSSR count). The normalized spacial score (nSPS) is 17.7. The first-order valence-corrected chi connectivity index (χ1v) is 12.5. The van der Waals surface area contributed by atoms with Gasteiger partial charge in [-0.2, -0.15) is 0 Å². The number of methoxy groups -OCH3 is 1. The van der Waals surface area contributed by atoms with Crippen molar-refractivity contribution >= 4 is 28.0 Å². The number of fused-ring (bicyclic) bond motifs is 1. The van der Waals surface area contributed by atoms with Crippen LogP contribution in [0.1, 0.15) is 45.1 Å². The summed E-state index contributed by atoms with van der Waals surface area (Å²) in [4.78, 5) is 37.9. The van der Waals surface area contributed by atoms with E-state index in [0.29, 0.717) is 36.3 Å². The first kappa shape index (κ1) is 25.3. The summed E-state index contributed by atoms with van der Waals surface area (Å²) in [7, 11) is -2.92. The third kappa shape index (κ3) is 5.11. The van der Waals surface area contributed by atoms with Crippen molar-refractivity contribution in [3.05, 3.63) is 28.8 Å². The van der Waals surface area contributed by atoms with Crippen LogP contribution >= 0.6 is 0 Å². The molecular weight excluding hydrogens is 464 g/mol. The van der Waals surface area contributed by atoms with Crippen molar-refractivity contribution in [2.75, 3.05) is 33.4 Å². The van der Waals surface area contributed by atoms with Crippen LogP contribution in [0.4, 0.5) is 9.59 Å². The molecule has 1 unspecified atom stereocenters. The van der Waals surface area contributed by atoms with Gasteiger partial charge < -0.3 is 20.1 Å². The predicted molar refractivity (Wildman–Crippen MR) is 123 cm³/mol. The maximum absolute atomic E-state index is 12.8. The Morgan fingerprint density at radius 1 is 1.24 bits per heavy atom. The van der Waals surface area contributed by atoms with Crippen LogP contribution in [0.2, 0.25) is 0 Å². The lowest BCUT2D eigenvalue weighted by molar-refractivity contribution is -0.123. The molecule has 1 aromatic carbocycles. The lowest BCUT2D eigenvalue weighted by Gasteiger charge is -2.28. The Kier molecular flexibility index (Phi) is 7.70. The minimum Gasteiger partial charge on any atom is -0.495 e. The molecule has 11 nitrogen and oxygen atoms in total. The molecule has 2 heterocycles. The SMILES string of the molecule is CCNC(=O)NS(=O)(=O)c1cc2c(cc1OC)OCCC2CNC(=O)N1CC(C)=C(CC)C1=O. The number of hydrogen-bond acceptors (Lipinski definition) is 7. The van der Waals surface area contributed by atoms with Crippen LogP contribution in [-0.4, -0.2) is 64.6 Å². The number of carbonyl (C=O) groups is 3. The van der Waals surface area contributed by atoms with Crippen LogP contribution in [0.25, 0.3) is 0 Å². The fourth-order valence-electron chi connectivity index (χ4n) is 4.10. The largest absolute Gasteiger partial charge is 0.495 e. The standard InChI is InChI=1S/C22H30N4O7S/c1-5-15-13(3)12-26(20(15)27)22(29)24-11-14-7-8-33-17-10-18(32-4)19(9-16(14)17)34(30,31)25-21(28)23-6-2/h9-10,14H,5-8,11-12H2,1-4H3,(H,24,29)(H2,23,25,28). The molecule has 3 N–H and O–H groups in total. The highest BCUT2D eigenvalue weighted by molar-refractivity contribution is 7.90. The number of urea groups is 2. The van der Waals surface area contributed by atoms with E-state index in [1.165, 1.54) is 24.1 Å². The Morgan fingerprint density at radius 3 is 2.59 bits per heavy atom. The van der Waals surface area contributed by atoms with Gasteiger partial charge in [0.15, 0.2) is 0 Å². The summed E-state index contributed by atoms with van der Waals surface area (Å²) in [6.45, 7) is 6.42. The van der Waals surface area contributed by atoms with E-state index in [1.54, 1.807) is 6.92 Å². The van der Waals surface area contributed by atoms with Gasteiger partial charge in [-0.3, -0.25) is 9.69 Å². The highest BCUT2D eigenvalue weighted by atomic mass is 32.2. The monoisotopic (exact) mass is 494 g/mol. The molecule has 0 radical (unpaired) electrons. The van der Waals surface area contributed by atoms with Gasteiger partial charge in [0.05, 0.1) is 20.3 Å². The fraction of sp³-hybridized carbons (Fsp3) is 0.500. The van der Waals surface area contributed by atoms with Crippen molar-refractivity contribution in [1.29, 1.82) is 0 Å². The number of carbonyl (C=O) groups excluding carboxylic acids is 3. The summed E-state index contributed by atoms with van der Waals surface area (Å²) in [6.07, 6.45) is 1.08. The van der Waals surface area contributed by atoms with E-state index < -0.39 is 22.1 Å². The van der Waals surface area contributed by atoms with Gasteiger partial charge in [-0.25, -0.2) is 22.7 Å². The average molecular weight is 495 g/mol. The van der Waals surface area contributed by atoms with E-state index in [9.17, 15) is 22.8 Å². The van der Waals surface area contributed by atoms with Crippen LogP contribution < -0.4 is 24.8 Å². The molecule has 0 spiro atoms. The van der Waals surface area contributed by atoms with E-state index in [2.05, 4.69) is 10.6 Å². The zero-order valence-electron chi connectivity index (χ0n) is 19.7. The second-order valence-corrected chi connectivity index (χ2v) is 9.68. The molecule has 186 valence electrons. The van der Waals surface area contributed by atoms with Crippen molar-refractivity contribution in [2.24, 2.45) is 0 Å². The Bertz CT molecular complexity index is 1130. The minimum absolute atomic E-state index is 0.0246. The number of benzene rings is 1. The van der Waals surface area contributed by atoms with Crippen molar-refractivity contribution < 1.29 is 32.3 Å². The average Bonchev–Trinajstić information content (AvgIpc) is 3.09. The number of hydrogen-bond donors (Lipinski definition) is 3. The summed E-state index contributed by atoms with van der Waals surface area (Å²) in [6, 6.07) is 1.50. The number of ether oxygens (including phenoxy) is 2. The molecule has 0 saturated carbocycles. The van der Waals surface area contributed by atoms with E-state index >= 15 is 0 Å². The summed E-state index contributed by atoms with van der Waals surface area (Å²) in [5.74, 6) is -0.104. The number of nitrogens with one attached hydrogen (secondary N) is 3. The summed E-state index contributed by atoms with van der Waals surface area (Å²) in [5, 5.41) is 5.17. The van der Waals surface area contributed by atoms with Gasteiger partial charge in [-0.05, 0) is 38.3 Å². The van der Waals surface area contributed by atoms with Crippen molar-refractivity contribution in [2.45, 2.75) is 44.4 Å². The number of rotatable bonds is 7. The molecule has 0 bridgehead atoms. The second-order valence-electron chi connectivity index (χ2n) is 8.03. The number of amides is 5. The molecule has 2 aliphatic rings. The third-order valence-corrected chi connectivity index (χ3v) is 7.18. The van der Waals surface area contributed by atoms with Gasteiger partial charge in [0, 0.05) is 36.2 Å². The topological polar surface area (TPSA) is 143 Å². The van der Waals surface area contributed by atoms with Crippen LogP contribution in [0, 0.1) is 0 Å². The number of imide groups is 1. The predicted octanol–water partition coefficient (Wildman–Crippen LogP) is 1.85. The van der Waals surface area contributed by atoms with Gasteiger partial charge in [0.25, 0.3) is 15.9 Å². The Balaban J connectivity index is 1.81. The van der Waals surface area contributed by atoms with Gasteiger partial charge >= 0.3 is 12.1 Å². The zero-order valence-corrected chi connectivity index (χ0v) is 20.5. The summed E-state index contributed by atoms with van der Waals surface area (Å²) < 4.78 is 38.6. The van der Waals surface area contributed by atoms with E-state index in [0.717, 1.165) is 5.57 Å². The highest BCUT2D eigenvalue weighted by Gasteiger charge is 2.33. The van der Waals surface area contributed by atoms with E-state index in [-0.39, 0.29) is 42.1 Å². The minimum atomic E-state index is -4.24. The lowest BCUT2D eigenvalue weighted by atomic mass is 9.93. The second kappa shape index (κ2) is 10.3. The van der Waals surface area contributed by atoms with E-state index in [4.69, 9.17) is 9.47 Å². The number of sulfonamides is 1. The molecular formula is C22H30N4O7S. The molecule has 2 aliphatic heterocycles. The zero-order chi connectivity index (χ0) is 25.0. The maximum Gasteiger partial charge on any atom is 0.328 e.